The quantitative estimate of drug-likeness (QED) is 0.687. The molecule has 23 heavy (non-hydrogen) atoms. The van der Waals surface area contributed by atoms with Gasteiger partial charge in [0.2, 0.25) is 0 Å². The Labute approximate surface area is 137 Å². The van der Waals surface area contributed by atoms with Gasteiger partial charge in [-0.05, 0) is 38.1 Å². The Morgan fingerprint density at radius 1 is 1.13 bits per heavy atom. The van der Waals surface area contributed by atoms with Gasteiger partial charge in [0.15, 0.2) is 11.0 Å². The molecule has 1 aromatic heterocycles. The van der Waals surface area contributed by atoms with Gasteiger partial charge in [0, 0.05) is 5.39 Å². The predicted octanol–water partition coefficient (Wildman–Crippen LogP) is 3.70. The molecule has 0 N–H and O–H groups in total. The van der Waals surface area contributed by atoms with Gasteiger partial charge in [-0.3, -0.25) is 0 Å². The Bertz CT molecular complexity index is 881. The Kier molecular flexibility index (Phi) is 4.30. The fourth-order valence-corrected chi connectivity index (χ4v) is 3.65. The molecule has 3 rings (SSSR count). The first kappa shape index (κ1) is 15.5. The van der Waals surface area contributed by atoms with Crippen LogP contribution in [0.25, 0.3) is 10.9 Å². The highest BCUT2D eigenvalue weighted by Gasteiger charge is 2.21. The van der Waals surface area contributed by atoms with Crippen molar-refractivity contribution in [1.29, 1.82) is 0 Å². The largest absolute Gasteiger partial charge is 0.461 e. The summed E-state index contributed by atoms with van der Waals surface area (Å²) >= 11 is 0. The van der Waals surface area contributed by atoms with E-state index >= 15 is 0 Å². The van der Waals surface area contributed by atoms with E-state index in [1.54, 1.807) is 13.0 Å². The van der Waals surface area contributed by atoms with Crippen LogP contribution in [0.15, 0.2) is 59.5 Å². The van der Waals surface area contributed by atoms with Gasteiger partial charge in [-0.25, -0.2) is 13.0 Å². The van der Waals surface area contributed by atoms with Gasteiger partial charge < -0.3 is 4.74 Å². The molecule has 5 heteroatoms. The average molecular weight is 327 g/mol. The molecule has 0 saturated heterocycles. The highest BCUT2D eigenvalue weighted by atomic mass is 32.2. The molecule has 118 valence electrons. The van der Waals surface area contributed by atoms with Crippen molar-refractivity contribution in [3.63, 3.8) is 0 Å². The van der Waals surface area contributed by atoms with Crippen molar-refractivity contribution in [3.8, 4) is 0 Å². The zero-order valence-electron chi connectivity index (χ0n) is 13.0. The summed E-state index contributed by atoms with van der Waals surface area (Å²) in [6.45, 7) is 4.00. The number of aryl methyl sites for hydroxylation is 1. The molecule has 1 unspecified atom stereocenters. The molecule has 1 atom stereocenters. The molecular weight excluding hydrogens is 310 g/mol. The minimum atomic E-state index is -1.52. The number of hydrogen-bond donors (Lipinski definition) is 0. The second-order valence-corrected chi connectivity index (χ2v) is 6.50. The first-order chi connectivity index (χ1) is 11.1. The second-order valence-electron chi connectivity index (χ2n) is 5.17. The van der Waals surface area contributed by atoms with Crippen LogP contribution < -0.4 is 0 Å². The number of ether oxygens (including phenoxy) is 1. The Morgan fingerprint density at radius 2 is 1.83 bits per heavy atom. The lowest BCUT2D eigenvalue weighted by Gasteiger charge is -2.10. The predicted molar refractivity (Wildman–Crippen MR) is 90.9 cm³/mol. The summed E-state index contributed by atoms with van der Waals surface area (Å²) < 4.78 is 19.7. The van der Waals surface area contributed by atoms with Gasteiger partial charge in [-0.15, -0.1) is 0 Å². The fourth-order valence-electron chi connectivity index (χ4n) is 2.42. The maximum absolute atomic E-state index is 13.0. The number of rotatable bonds is 4. The van der Waals surface area contributed by atoms with Crippen molar-refractivity contribution in [2.75, 3.05) is 6.61 Å². The molecule has 2 aromatic carbocycles. The molecular formula is C18H17NO3S. The van der Waals surface area contributed by atoms with Gasteiger partial charge in [-0.2, -0.15) is 0 Å². The summed E-state index contributed by atoms with van der Waals surface area (Å²) in [5.41, 5.74) is 2.13. The summed E-state index contributed by atoms with van der Waals surface area (Å²) in [5.74, 6) is -0.468. The standard InChI is InChI=1S/C18H17NO3S/c1-3-22-18(20)17-12-14-6-4-5-7-16(14)19(17)23(21)15-10-8-13(2)9-11-15/h4-12H,3H2,1-2H3. The molecule has 1 heterocycles. The number of carbonyl (C=O) groups is 1. The van der Waals surface area contributed by atoms with Crippen LogP contribution in [0.5, 0.6) is 0 Å². The minimum Gasteiger partial charge on any atom is -0.461 e. The number of esters is 1. The van der Waals surface area contributed by atoms with E-state index in [0.717, 1.165) is 16.5 Å². The maximum atomic E-state index is 13.0. The summed E-state index contributed by atoms with van der Waals surface area (Å²) in [6.07, 6.45) is 0. The Hall–Kier alpha value is -2.40. The van der Waals surface area contributed by atoms with Crippen molar-refractivity contribution >= 4 is 27.9 Å². The van der Waals surface area contributed by atoms with E-state index in [4.69, 9.17) is 4.74 Å². The first-order valence-corrected chi connectivity index (χ1v) is 8.49. The van der Waals surface area contributed by atoms with Gasteiger partial charge in [0.05, 0.1) is 17.0 Å². The normalized spacial score (nSPS) is 12.3. The minimum absolute atomic E-state index is 0.275. The highest BCUT2D eigenvalue weighted by Crippen LogP contribution is 2.24. The Balaban J connectivity index is 2.17. The molecule has 0 amide bonds. The third kappa shape index (κ3) is 2.92. The Morgan fingerprint density at radius 3 is 2.52 bits per heavy atom. The maximum Gasteiger partial charge on any atom is 0.355 e. The molecule has 0 saturated carbocycles. The molecule has 0 aliphatic rings. The highest BCUT2D eigenvalue weighted by molar-refractivity contribution is 7.83. The van der Waals surface area contributed by atoms with Crippen molar-refractivity contribution in [2.24, 2.45) is 0 Å². The average Bonchev–Trinajstić information content (AvgIpc) is 2.94. The van der Waals surface area contributed by atoms with Gasteiger partial charge >= 0.3 is 5.97 Å². The SMILES string of the molecule is CCOC(=O)c1cc2ccccc2n1S(=O)c1ccc(C)cc1. The van der Waals surface area contributed by atoms with Crippen molar-refractivity contribution in [1.82, 2.24) is 3.97 Å². The van der Waals surface area contributed by atoms with Crippen molar-refractivity contribution in [3.05, 3.63) is 65.9 Å². The number of aromatic nitrogens is 1. The van der Waals surface area contributed by atoms with E-state index in [1.165, 1.54) is 3.97 Å². The molecule has 0 aliphatic heterocycles. The van der Waals surface area contributed by atoms with Crippen LogP contribution in [0, 0.1) is 6.92 Å². The van der Waals surface area contributed by atoms with Crippen LogP contribution in [0.2, 0.25) is 0 Å². The van der Waals surface area contributed by atoms with E-state index < -0.39 is 17.0 Å². The van der Waals surface area contributed by atoms with Crippen LogP contribution in [0.3, 0.4) is 0 Å². The van der Waals surface area contributed by atoms with Crippen LogP contribution >= 0.6 is 0 Å². The van der Waals surface area contributed by atoms with Crippen molar-refractivity contribution < 1.29 is 13.7 Å². The van der Waals surface area contributed by atoms with Crippen LogP contribution in [0.1, 0.15) is 23.0 Å². The first-order valence-electron chi connectivity index (χ1n) is 7.38. The number of benzene rings is 2. The fraction of sp³-hybridized carbons (Fsp3) is 0.167. The van der Waals surface area contributed by atoms with Crippen molar-refractivity contribution in [2.45, 2.75) is 18.7 Å². The van der Waals surface area contributed by atoms with E-state index in [1.807, 2.05) is 55.5 Å². The summed E-state index contributed by atoms with van der Waals surface area (Å²) in [7, 11) is -1.52. The molecule has 0 radical (unpaired) electrons. The van der Waals surface area contributed by atoms with Crippen LogP contribution in [0.4, 0.5) is 0 Å². The van der Waals surface area contributed by atoms with Gasteiger partial charge in [-0.1, -0.05) is 35.9 Å². The summed E-state index contributed by atoms with van der Waals surface area (Å²) in [4.78, 5) is 12.9. The molecule has 0 bridgehead atoms. The van der Waals surface area contributed by atoms with Crippen LogP contribution in [-0.2, 0) is 15.7 Å². The monoisotopic (exact) mass is 327 g/mol. The van der Waals surface area contributed by atoms with E-state index in [-0.39, 0.29) is 6.61 Å². The number of fused-ring (bicyclic) bond motifs is 1. The number of nitrogens with zero attached hydrogens (tertiary/aromatic N) is 1. The lowest BCUT2D eigenvalue weighted by atomic mass is 10.2. The third-order valence-electron chi connectivity index (χ3n) is 3.54. The topological polar surface area (TPSA) is 48.3 Å². The lowest BCUT2D eigenvalue weighted by molar-refractivity contribution is 0.0519. The molecule has 3 aromatic rings. The second kappa shape index (κ2) is 6.38. The molecule has 0 aliphatic carbocycles. The summed E-state index contributed by atoms with van der Waals surface area (Å²) in [6, 6.07) is 16.7. The number of para-hydroxylation sites is 1. The zero-order chi connectivity index (χ0) is 16.4. The van der Waals surface area contributed by atoms with Crippen LogP contribution in [-0.4, -0.2) is 20.8 Å². The number of carbonyl (C=O) groups excluding carboxylic acids is 1. The van der Waals surface area contributed by atoms with E-state index in [2.05, 4.69) is 0 Å². The lowest BCUT2D eigenvalue weighted by Crippen LogP contribution is -2.15. The van der Waals surface area contributed by atoms with E-state index in [9.17, 15) is 9.00 Å². The molecule has 4 nitrogen and oxygen atoms in total. The summed E-state index contributed by atoms with van der Waals surface area (Å²) in [5, 5.41) is 0.857. The molecule has 0 fully saturated rings. The van der Waals surface area contributed by atoms with Gasteiger partial charge in [0.1, 0.15) is 5.69 Å². The van der Waals surface area contributed by atoms with E-state index in [0.29, 0.717) is 10.6 Å². The van der Waals surface area contributed by atoms with Gasteiger partial charge in [0.25, 0.3) is 0 Å². The molecule has 0 spiro atoms. The smallest absolute Gasteiger partial charge is 0.355 e. The number of hydrogen-bond acceptors (Lipinski definition) is 3. The third-order valence-corrected chi connectivity index (χ3v) is 4.94. The zero-order valence-corrected chi connectivity index (χ0v) is 13.8.